The van der Waals surface area contributed by atoms with Crippen molar-refractivity contribution in [3.8, 4) is 0 Å². The first-order chi connectivity index (χ1) is 8.90. The molecule has 0 amide bonds. The van der Waals surface area contributed by atoms with Gasteiger partial charge in [-0.15, -0.1) is 0 Å². The van der Waals surface area contributed by atoms with Crippen molar-refractivity contribution in [2.75, 3.05) is 18.2 Å². The molecule has 0 heterocycles. The molecule has 2 rings (SSSR count). The van der Waals surface area contributed by atoms with Gasteiger partial charge in [0.2, 0.25) is 0 Å². The lowest BCUT2D eigenvalue weighted by Crippen LogP contribution is -2.18. The van der Waals surface area contributed by atoms with Crippen molar-refractivity contribution in [2.24, 2.45) is 0 Å². The molecule has 106 valence electrons. The van der Waals surface area contributed by atoms with Crippen molar-refractivity contribution < 1.29 is 17.9 Å². The van der Waals surface area contributed by atoms with Gasteiger partial charge in [-0.2, -0.15) is 13.2 Å². The highest BCUT2D eigenvalue weighted by molar-refractivity contribution is 5.58. The van der Waals surface area contributed by atoms with E-state index in [-0.39, 0.29) is 17.8 Å². The van der Waals surface area contributed by atoms with Gasteiger partial charge in [0.25, 0.3) is 0 Å². The first-order valence-electron chi connectivity index (χ1n) is 6.16. The Bertz CT molecular complexity index is 448. The van der Waals surface area contributed by atoms with Gasteiger partial charge in [0.15, 0.2) is 0 Å². The van der Waals surface area contributed by atoms with Crippen LogP contribution in [0.3, 0.4) is 0 Å². The molecule has 1 saturated carbocycles. The van der Waals surface area contributed by atoms with Crippen LogP contribution in [0.2, 0.25) is 0 Å². The fraction of sp³-hybridized carbons (Fsp3) is 0.538. The number of anilines is 2. The summed E-state index contributed by atoms with van der Waals surface area (Å²) in [6.07, 6.45) is -1.61. The monoisotopic (exact) mass is 274 g/mol. The third-order valence-corrected chi connectivity index (χ3v) is 3.45. The van der Waals surface area contributed by atoms with Crippen LogP contribution < -0.4 is 11.1 Å². The summed E-state index contributed by atoms with van der Waals surface area (Å²) in [7, 11) is 1.65. The average molecular weight is 274 g/mol. The molecule has 0 aromatic heterocycles. The van der Waals surface area contributed by atoms with E-state index >= 15 is 0 Å². The summed E-state index contributed by atoms with van der Waals surface area (Å²) in [6.45, 7) is 0. The standard InChI is InChI=1S/C13H17F3N2O/c1-19-10-4-2-8(6-10)18-9-3-5-12(17)11(7-9)13(14,15)16/h3,5,7-8,10,18H,2,4,6,17H2,1H3. The molecule has 0 bridgehead atoms. The molecule has 1 aromatic rings. The summed E-state index contributed by atoms with van der Waals surface area (Å²) in [4.78, 5) is 0. The van der Waals surface area contributed by atoms with Crippen molar-refractivity contribution in [1.82, 2.24) is 0 Å². The fourth-order valence-electron chi connectivity index (χ4n) is 2.41. The normalized spacial score (nSPS) is 23.6. The largest absolute Gasteiger partial charge is 0.418 e. The van der Waals surface area contributed by atoms with E-state index < -0.39 is 11.7 Å². The predicted molar refractivity (Wildman–Crippen MR) is 67.9 cm³/mol. The molecule has 1 aliphatic carbocycles. The van der Waals surface area contributed by atoms with Crippen molar-refractivity contribution in [3.63, 3.8) is 0 Å². The number of alkyl halides is 3. The van der Waals surface area contributed by atoms with Crippen LogP contribution in [0.25, 0.3) is 0 Å². The molecule has 0 saturated heterocycles. The second-order valence-electron chi connectivity index (χ2n) is 4.81. The summed E-state index contributed by atoms with van der Waals surface area (Å²) < 4.78 is 43.4. The zero-order valence-corrected chi connectivity index (χ0v) is 10.6. The van der Waals surface area contributed by atoms with Crippen LogP contribution in [0.1, 0.15) is 24.8 Å². The van der Waals surface area contributed by atoms with Gasteiger partial charge in [-0.1, -0.05) is 0 Å². The van der Waals surface area contributed by atoms with Crippen LogP contribution in [-0.4, -0.2) is 19.3 Å². The van der Waals surface area contributed by atoms with Gasteiger partial charge in [-0.25, -0.2) is 0 Å². The van der Waals surface area contributed by atoms with Crippen LogP contribution in [0, 0.1) is 0 Å². The highest BCUT2D eigenvalue weighted by Gasteiger charge is 2.33. The molecule has 1 aromatic carbocycles. The molecule has 0 spiro atoms. The van der Waals surface area contributed by atoms with Gasteiger partial charge < -0.3 is 15.8 Å². The van der Waals surface area contributed by atoms with Gasteiger partial charge in [-0.3, -0.25) is 0 Å². The highest BCUT2D eigenvalue weighted by Crippen LogP contribution is 2.35. The minimum atomic E-state index is -4.42. The molecule has 0 radical (unpaired) electrons. The molecule has 3 N–H and O–H groups in total. The second-order valence-corrected chi connectivity index (χ2v) is 4.81. The quantitative estimate of drug-likeness (QED) is 0.832. The Hall–Kier alpha value is -1.43. The maximum absolute atomic E-state index is 12.7. The predicted octanol–water partition coefficient (Wildman–Crippen LogP) is 3.27. The minimum absolute atomic E-state index is 0.148. The first kappa shape index (κ1) is 14.0. The lowest BCUT2D eigenvalue weighted by molar-refractivity contribution is -0.136. The SMILES string of the molecule is COC1CCC(Nc2ccc(N)c(C(F)(F)F)c2)C1. The van der Waals surface area contributed by atoms with E-state index in [1.165, 1.54) is 6.07 Å². The molecule has 1 aliphatic rings. The van der Waals surface area contributed by atoms with Crippen molar-refractivity contribution >= 4 is 11.4 Å². The number of methoxy groups -OCH3 is 1. The molecular formula is C13H17F3N2O. The smallest absolute Gasteiger partial charge is 0.398 e. The van der Waals surface area contributed by atoms with E-state index in [0.29, 0.717) is 5.69 Å². The summed E-state index contributed by atoms with van der Waals surface area (Å²) in [6, 6.07) is 4.07. The van der Waals surface area contributed by atoms with E-state index in [1.807, 2.05) is 0 Å². The Morgan fingerprint density at radius 2 is 2.05 bits per heavy atom. The van der Waals surface area contributed by atoms with E-state index in [2.05, 4.69) is 5.32 Å². The zero-order chi connectivity index (χ0) is 14.0. The van der Waals surface area contributed by atoms with Crippen LogP contribution in [0.15, 0.2) is 18.2 Å². The number of halogens is 3. The Morgan fingerprint density at radius 3 is 2.63 bits per heavy atom. The molecule has 3 nitrogen and oxygen atoms in total. The Balaban J connectivity index is 2.10. The molecule has 6 heteroatoms. The van der Waals surface area contributed by atoms with Crippen molar-refractivity contribution in [2.45, 2.75) is 37.6 Å². The molecule has 19 heavy (non-hydrogen) atoms. The van der Waals surface area contributed by atoms with Gasteiger partial charge in [0.05, 0.1) is 11.7 Å². The Kier molecular flexibility index (Phi) is 3.89. The summed E-state index contributed by atoms with van der Waals surface area (Å²) in [5.41, 5.74) is 4.76. The number of benzene rings is 1. The maximum Gasteiger partial charge on any atom is 0.418 e. The molecule has 2 unspecified atom stereocenters. The fourth-order valence-corrected chi connectivity index (χ4v) is 2.41. The van der Waals surface area contributed by atoms with Crippen molar-refractivity contribution in [3.05, 3.63) is 23.8 Å². The first-order valence-corrected chi connectivity index (χ1v) is 6.16. The van der Waals surface area contributed by atoms with Crippen LogP contribution >= 0.6 is 0 Å². The van der Waals surface area contributed by atoms with E-state index in [0.717, 1.165) is 25.3 Å². The maximum atomic E-state index is 12.7. The third kappa shape index (κ3) is 3.32. The number of rotatable bonds is 3. The number of nitrogens with one attached hydrogen (secondary N) is 1. The van der Waals surface area contributed by atoms with Crippen LogP contribution in [0.4, 0.5) is 24.5 Å². The van der Waals surface area contributed by atoms with Gasteiger partial charge >= 0.3 is 6.18 Å². The zero-order valence-electron chi connectivity index (χ0n) is 10.6. The van der Waals surface area contributed by atoms with Crippen LogP contribution in [0.5, 0.6) is 0 Å². The summed E-state index contributed by atoms with van der Waals surface area (Å²) >= 11 is 0. The Labute approximate surface area is 109 Å². The topological polar surface area (TPSA) is 47.3 Å². The van der Waals surface area contributed by atoms with Gasteiger partial charge in [-0.05, 0) is 37.5 Å². The highest BCUT2D eigenvalue weighted by atomic mass is 19.4. The Morgan fingerprint density at radius 1 is 1.32 bits per heavy atom. The number of nitrogen functional groups attached to an aromatic ring is 1. The lowest BCUT2D eigenvalue weighted by atomic mass is 10.1. The molecular weight excluding hydrogens is 257 g/mol. The van der Waals surface area contributed by atoms with Gasteiger partial charge in [0.1, 0.15) is 0 Å². The number of hydrogen-bond acceptors (Lipinski definition) is 3. The van der Waals surface area contributed by atoms with E-state index in [1.54, 1.807) is 13.2 Å². The lowest BCUT2D eigenvalue weighted by Gasteiger charge is -2.17. The summed E-state index contributed by atoms with van der Waals surface area (Å²) in [5.74, 6) is 0. The number of ether oxygens (including phenoxy) is 1. The van der Waals surface area contributed by atoms with Gasteiger partial charge in [0, 0.05) is 24.5 Å². The molecule has 1 fully saturated rings. The number of nitrogens with two attached hydrogens (primary N) is 1. The summed E-state index contributed by atoms with van der Waals surface area (Å²) in [5, 5.41) is 3.11. The molecule has 2 atom stereocenters. The van der Waals surface area contributed by atoms with Crippen LogP contribution in [-0.2, 0) is 10.9 Å². The van der Waals surface area contributed by atoms with Crippen molar-refractivity contribution in [1.29, 1.82) is 0 Å². The molecule has 0 aliphatic heterocycles. The van der Waals surface area contributed by atoms with E-state index in [4.69, 9.17) is 10.5 Å². The minimum Gasteiger partial charge on any atom is -0.398 e. The number of hydrogen-bond donors (Lipinski definition) is 2. The average Bonchev–Trinajstić information content (AvgIpc) is 2.78. The van der Waals surface area contributed by atoms with E-state index in [9.17, 15) is 13.2 Å². The second kappa shape index (κ2) is 5.28. The third-order valence-electron chi connectivity index (χ3n) is 3.45.